The highest BCUT2D eigenvalue weighted by molar-refractivity contribution is 5.87. The van der Waals surface area contributed by atoms with Crippen LogP contribution < -0.4 is 10.6 Å². The SMILES string of the molecule is CCN(CC(C)(C)CN)c1ncnc2onc(C)c12. The highest BCUT2D eigenvalue weighted by Gasteiger charge is 2.23. The Morgan fingerprint density at radius 2 is 2.11 bits per heavy atom. The van der Waals surface area contributed by atoms with Crippen molar-refractivity contribution in [1.82, 2.24) is 15.1 Å². The Kier molecular flexibility index (Phi) is 3.71. The van der Waals surface area contributed by atoms with Gasteiger partial charge >= 0.3 is 0 Å². The van der Waals surface area contributed by atoms with Crippen LogP contribution in [0.2, 0.25) is 0 Å². The molecule has 2 N–H and O–H groups in total. The second-order valence-corrected chi connectivity index (χ2v) is 5.53. The van der Waals surface area contributed by atoms with E-state index in [-0.39, 0.29) is 5.41 Å². The molecule has 0 aromatic carbocycles. The lowest BCUT2D eigenvalue weighted by Gasteiger charge is -2.32. The zero-order valence-electron chi connectivity index (χ0n) is 12.0. The fourth-order valence-corrected chi connectivity index (χ4v) is 2.06. The average molecular weight is 263 g/mol. The summed E-state index contributed by atoms with van der Waals surface area (Å²) >= 11 is 0. The van der Waals surface area contributed by atoms with Crippen LogP contribution in [0.1, 0.15) is 26.5 Å². The number of aromatic nitrogens is 3. The van der Waals surface area contributed by atoms with Gasteiger partial charge in [-0.05, 0) is 25.8 Å². The van der Waals surface area contributed by atoms with E-state index in [1.165, 1.54) is 6.33 Å². The predicted octanol–water partition coefficient (Wildman–Crippen LogP) is 1.74. The molecule has 0 aliphatic rings. The summed E-state index contributed by atoms with van der Waals surface area (Å²) in [5.41, 5.74) is 7.19. The van der Waals surface area contributed by atoms with Gasteiger partial charge in [0.2, 0.25) is 0 Å². The number of nitrogens with zero attached hydrogens (tertiary/aromatic N) is 4. The van der Waals surface area contributed by atoms with E-state index in [1.807, 2.05) is 6.92 Å². The van der Waals surface area contributed by atoms with Crippen LogP contribution in [0.4, 0.5) is 5.82 Å². The van der Waals surface area contributed by atoms with Gasteiger partial charge in [0.05, 0.1) is 5.69 Å². The first-order valence-electron chi connectivity index (χ1n) is 6.50. The molecule has 6 heteroatoms. The van der Waals surface area contributed by atoms with Crippen molar-refractivity contribution in [3.05, 3.63) is 12.0 Å². The van der Waals surface area contributed by atoms with Gasteiger partial charge in [0.25, 0.3) is 5.71 Å². The molecule has 104 valence electrons. The number of fused-ring (bicyclic) bond motifs is 1. The standard InChI is InChI=1S/C13H21N5O/c1-5-18(7-13(3,4)6-14)11-10-9(2)17-19-12(10)16-8-15-11/h8H,5-7,14H2,1-4H3. The summed E-state index contributed by atoms with van der Waals surface area (Å²) in [7, 11) is 0. The first-order chi connectivity index (χ1) is 8.98. The van der Waals surface area contributed by atoms with Crippen LogP contribution in [-0.4, -0.2) is 34.8 Å². The van der Waals surface area contributed by atoms with Crippen LogP contribution in [0.25, 0.3) is 11.1 Å². The summed E-state index contributed by atoms with van der Waals surface area (Å²) in [5, 5.41) is 4.85. The highest BCUT2D eigenvalue weighted by atomic mass is 16.5. The Morgan fingerprint density at radius 1 is 1.37 bits per heavy atom. The summed E-state index contributed by atoms with van der Waals surface area (Å²) in [6.07, 6.45) is 1.51. The van der Waals surface area contributed by atoms with Crippen LogP contribution >= 0.6 is 0 Å². The van der Waals surface area contributed by atoms with Gasteiger partial charge in [-0.1, -0.05) is 19.0 Å². The summed E-state index contributed by atoms with van der Waals surface area (Å²) in [4.78, 5) is 10.7. The summed E-state index contributed by atoms with van der Waals surface area (Å²) in [6.45, 7) is 10.6. The van der Waals surface area contributed by atoms with E-state index in [4.69, 9.17) is 10.3 Å². The van der Waals surface area contributed by atoms with Crippen molar-refractivity contribution in [2.45, 2.75) is 27.7 Å². The smallest absolute Gasteiger partial charge is 0.263 e. The molecule has 0 atom stereocenters. The Balaban J connectivity index is 2.43. The highest BCUT2D eigenvalue weighted by Crippen LogP contribution is 2.28. The third-order valence-electron chi connectivity index (χ3n) is 3.28. The second-order valence-electron chi connectivity index (χ2n) is 5.53. The van der Waals surface area contributed by atoms with E-state index in [9.17, 15) is 0 Å². The number of nitrogens with two attached hydrogens (primary N) is 1. The van der Waals surface area contributed by atoms with E-state index >= 15 is 0 Å². The molecule has 19 heavy (non-hydrogen) atoms. The molecular formula is C13H21N5O. The summed E-state index contributed by atoms with van der Waals surface area (Å²) in [5.74, 6) is 0.868. The van der Waals surface area contributed by atoms with Crippen LogP contribution in [0.5, 0.6) is 0 Å². The second kappa shape index (κ2) is 5.13. The minimum absolute atomic E-state index is 0.0261. The Morgan fingerprint density at radius 3 is 2.74 bits per heavy atom. The van der Waals surface area contributed by atoms with Crippen molar-refractivity contribution in [1.29, 1.82) is 0 Å². The molecule has 0 saturated heterocycles. The van der Waals surface area contributed by atoms with Crippen LogP contribution in [0, 0.1) is 12.3 Å². The van der Waals surface area contributed by atoms with Gasteiger partial charge in [0.15, 0.2) is 0 Å². The number of aryl methyl sites for hydroxylation is 1. The molecule has 0 radical (unpaired) electrons. The normalized spacial score (nSPS) is 12.1. The van der Waals surface area contributed by atoms with E-state index in [2.05, 4.69) is 40.8 Å². The number of hydrogen-bond acceptors (Lipinski definition) is 6. The first kappa shape index (κ1) is 13.7. The molecule has 0 unspecified atom stereocenters. The van der Waals surface area contributed by atoms with Crippen LogP contribution in [0.3, 0.4) is 0 Å². The third-order valence-corrected chi connectivity index (χ3v) is 3.28. The number of anilines is 1. The van der Waals surface area contributed by atoms with Gasteiger partial charge in [-0.3, -0.25) is 0 Å². The van der Waals surface area contributed by atoms with Gasteiger partial charge in [-0.25, -0.2) is 4.98 Å². The molecule has 0 bridgehead atoms. The molecule has 0 fully saturated rings. The number of hydrogen-bond donors (Lipinski definition) is 1. The topological polar surface area (TPSA) is 81.1 Å². The largest absolute Gasteiger partial charge is 0.356 e. The minimum atomic E-state index is 0.0261. The Bertz CT molecular complexity index is 563. The quantitative estimate of drug-likeness (QED) is 0.885. The molecule has 0 aliphatic carbocycles. The maximum Gasteiger partial charge on any atom is 0.263 e. The fraction of sp³-hybridized carbons (Fsp3) is 0.615. The Hall–Kier alpha value is -1.69. The van der Waals surface area contributed by atoms with Crippen LogP contribution in [0.15, 0.2) is 10.9 Å². The molecule has 2 aromatic heterocycles. The first-order valence-corrected chi connectivity index (χ1v) is 6.50. The average Bonchev–Trinajstić information content (AvgIpc) is 2.78. The van der Waals surface area contributed by atoms with E-state index in [0.717, 1.165) is 30.0 Å². The lowest BCUT2D eigenvalue weighted by Crippen LogP contribution is -2.39. The Labute approximate surface area is 113 Å². The van der Waals surface area contributed by atoms with Gasteiger partial charge in [0.1, 0.15) is 17.5 Å². The van der Waals surface area contributed by atoms with E-state index < -0.39 is 0 Å². The molecule has 0 spiro atoms. The summed E-state index contributed by atoms with van der Waals surface area (Å²) < 4.78 is 5.19. The maximum absolute atomic E-state index is 5.82. The molecule has 0 aliphatic heterocycles. The lowest BCUT2D eigenvalue weighted by molar-refractivity contribution is 0.379. The van der Waals surface area contributed by atoms with E-state index in [0.29, 0.717) is 12.3 Å². The van der Waals surface area contributed by atoms with Gasteiger partial charge in [-0.2, -0.15) is 4.98 Å². The summed E-state index contributed by atoms with van der Waals surface area (Å²) in [6, 6.07) is 0. The lowest BCUT2D eigenvalue weighted by atomic mass is 9.93. The molecule has 0 amide bonds. The van der Waals surface area contributed by atoms with Crippen LogP contribution in [-0.2, 0) is 0 Å². The molecular weight excluding hydrogens is 242 g/mol. The third kappa shape index (κ3) is 2.68. The van der Waals surface area contributed by atoms with Crippen molar-refractivity contribution in [2.24, 2.45) is 11.1 Å². The zero-order valence-corrected chi connectivity index (χ0v) is 12.0. The zero-order chi connectivity index (χ0) is 14.0. The minimum Gasteiger partial charge on any atom is -0.356 e. The maximum atomic E-state index is 5.82. The molecule has 2 heterocycles. The monoisotopic (exact) mass is 263 g/mol. The van der Waals surface area contributed by atoms with Crippen molar-refractivity contribution < 1.29 is 4.52 Å². The van der Waals surface area contributed by atoms with Gasteiger partial charge in [-0.15, -0.1) is 0 Å². The molecule has 0 saturated carbocycles. The number of rotatable bonds is 5. The van der Waals surface area contributed by atoms with E-state index in [1.54, 1.807) is 0 Å². The fourth-order valence-electron chi connectivity index (χ4n) is 2.06. The van der Waals surface area contributed by atoms with Crippen molar-refractivity contribution >= 4 is 16.9 Å². The molecule has 2 aromatic rings. The van der Waals surface area contributed by atoms with Crippen molar-refractivity contribution in [3.8, 4) is 0 Å². The molecule has 6 nitrogen and oxygen atoms in total. The van der Waals surface area contributed by atoms with Crippen molar-refractivity contribution in [2.75, 3.05) is 24.5 Å². The molecule has 2 rings (SSSR count). The predicted molar refractivity (Wildman–Crippen MR) is 75.1 cm³/mol. The van der Waals surface area contributed by atoms with Crippen molar-refractivity contribution in [3.63, 3.8) is 0 Å². The van der Waals surface area contributed by atoms with Gasteiger partial charge in [0, 0.05) is 13.1 Å². The van der Waals surface area contributed by atoms with Gasteiger partial charge < -0.3 is 15.2 Å².